The van der Waals surface area contributed by atoms with Gasteiger partial charge in [-0.05, 0) is 76.1 Å². The lowest BCUT2D eigenvalue weighted by Crippen LogP contribution is -2.10. The van der Waals surface area contributed by atoms with Crippen LogP contribution in [0.1, 0.15) is 0 Å². The maximum absolute atomic E-state index is 2.58. The van der Waals surface area contributed by atoms with Gasteiger partial charge in [-0.1, -0.05) is 121 Å². The van der Waals surface area contributed by atoms with Crippen LogP contribution < -0.4 is 4.90 Å². The number of anilines is 3. The number of hydrogen-bond acceptors (Lipinski definition) is 1. The van der Waals surface area contributed by atoms with E-state index in [1.54, 1.807) is 0 Å². The molecule has 0 saturated carbocycles. The number of benzene rings is 9. The van der Waals surface area contributed by atoms with E-state index in [1.165, 1.54) is 97.7 Å². The molecule has 0 N–H and O–H groups in total. The first-order valence-electron chi connectivity index (χ1n) is 18.4. The molecule has 0 spiro atoms. The van der Waals surface area contributed by atoms with Gasteiger partial charge >= 0.3 is 0 Å². The van der Waals surface area contributed by atoms with Crippen molar-refractivity contribution in [2.75, 3.05) is 4.90 Å². The Labute approximate surface area is 303 Å². The first-order valence-corrected chi connectivity index (χ1v) is 18.4. The highest BCUT2D eigenvalue weighted by atomic mass is 15.2. The van der Waals surface area contributed by atoms with E-state index in [9.17, 15) is 0 Å². The Kier molecular flexibility index (Phi) is 5.11. The summed E-state index contributed by atoms with van der Waals surface area (Å²) in [7, 11) is 0. The molecule has 0 atom stereocenters. The summed E-state index contributed by atoms with van der Waals surface area (Å²) in [4.78, 5) is 2.42. The first kappa shape index (κ1) is 27.6. The summed E-state index contributed by atoms with van der Waals surface area (Å²) in [6.07, 6.45) is 0. The van der Waals surface area contributed by atoms with Gasteiger partial charge in [0.2, 0.25) is 0 Å². The smallest absolute Gasteiger partial charge is 0.0783 e. The molecular formula is C50H29N3. The number of para-hydroxylation sites is 4. The minimum atomic E-state index is 1.13. The van der Waals surface area contributed by atoms with E-state index in [0.717, 1.165) is 17.1 Å². The lowest BCUT2D eigenvalue weighted by Gasteiger charge is -2.26. The predicted octanol–water partition coefficient (Wildman–Crippen LogP) is 13.8. The van der Waals surface area contributed by atoms with E-state index in [1.807, 2.05) is 0 Å². The summed E-state index contributed by atoms with van der Waals surface area (Å²) < 4.78 is 5.11. The van der Waals surface area contributed by atoms with Gasteiger partial charge in [0.05, 0.1) is 38.8 Å². The van der Waals surface area contributed by atoms with Gasteiger partial charge < -0.3 is 13.7 Å². The van der Waals surface area contributed by atoms with Gasteiger partial charge in [0.25, 0.3) is 0 Å². The summed E-state index contributed by atoms with van der Waals surface area (Å²) in [6, 6.07) is 64.9. The van der Waals surface area contributed by atoms with E-state index < -0.39 is 0 Å². The van der Waals surface area contributed by atoms with Gasteiger partial charge in [0, 0.05) is 54.5 Å². The normalized spacial score (nSPS) is 12.5. The summed E-state index contributed by atoms with van der Waals surface area (Å²) >= 11 is 0. The molecule has 53 heavy (non-hydrogen) atoms. The summed E-state index contributed by atoms with van der Waals surface area (Å²) in [6.45, 7) is 0. The lowest BCUT2D eigenvalue weighted by atomic mass is 9.97. The van der Waals surface area contributed by atoms with Crippen molar-refractivity contribution in [3.63, 3.8) is 0 Å². The van der Waals surface area contributed by atoms with E-state index in [4.69, 9.17) is 0 Å². The first-order chi connectivity index (χ1) is 26.3. The monoisotopic (exact) mass is 671 g/mol. The molecule has 0 saturated heterocycles. The van der Waals surface area contributed by atoms with Gasteiger partial charge in [-0.2, -0.15) is 0 Å². The second-order valence-electron chi connectivity index (χ2n) is 14.5. The van der Waals surface area contributed by atoms with Crippen LogP contribution in [0.4, 0.5) is 17.1 Å². The van der Waals surface area contributed by atoms with Crippen molar-refractivity contribution in [3.8, 4) is 0 Å². The minimum Gasteiger partial charge on any atom is -0.308 e. The highest BCUT2D eigenvalue weighted by molar-refractivity contribution is 6.39. The molecule has 244 valence electrons. The third-order valence-corrected chi connectivity index (χ3v) is 11.9. The van der Waals surface area contributed by atoms with Crippen LogP contribution in [0.2, 0.25) is 0 Å². The number of fused-ring (bicyclic) bond motifs is 17. The summed E-state index contributed by atoms with van der Waals surface area (Å²) in [5, 5.41) is 15.6. The fourth-order valence-electron chi connectivity index (χ4n) is 9.90. The Balaban J connectivity index is 1.26. The predicted molar refractivity (Wildman–Crippen MR) is 225 cm³/mol. The maximum Gasteiger partial charge on any atom is 0.0783 e. The van der Waals surface area contributed by atoms with Crippen molar-refractivity contribution in [2.24, 2.45) is 0 Å². The molecule has 13 aromatic rings. The van der Waals surface area contributed by atoms with E-state index in [0.29, 0.717) is 0 Å². The molecule has 0 fully saturated rings. The molecule has 4 aromatic heterocycles. The van der Waals surface area contributed by atoms with Crippen LogP contribution in [-0.4, -0.2) is 8.80 Å². The second kappa shape index (κ2) is 9.81. The number of aromatic nitrogens is 2. The van der Waals surface area contributed by atoms with E-state index in [-0.39, 0.29) is 0 Å². The zero-order chi connectivity index (χ0) is 34.4. The molecule has 3 nitrogen and oxygen atoms in total. The van der Waals surface area contributed by atoms with Crippen LogP contribution in [0.5, 0.6) is 0 Å². The van der Waals surface area contributed by atoms with Gasteiger partial charge in [-0.15, -0.1) is 0 Å². The third kappa shape index (κ3) is 3.36. The Bertz CT molecular complexity index is 3570. The Morgan fingerprint density at radius 2 is 0.811 bits per heavy atom. The SMILES string of the molecule is c1ccc(N(c2ccccc2)c2cccc3c4c5ccccc5cc5c6c7c8cccc9c%10c%11ccccc%11ccc%10n(c7ccc6n(c23)c54)c98)cc1. The van der Waals surface area contributed by atoms with E-state index >= 15 is 0 Å². The molecule has 0 radical (unpaired) electrons. The highest BCUT2D eigenvalue weighted by Gasteiger charge is 2.27. The van der Waals surface area contributed by atoms with Crippen LogP contribution in [0.15, 0.2) is 176 Å². The highest BCUT2D eigenvalue weighted by Crippen LogP contribution is 2.51. The zero-order valence-electron chi connectivity index (χ0n) is 28.6. The van der Waals surface area contributed by atoms with Crippen LogP contribution >= 0.6 is 0 Å². The Hall–Kier alpha value is -7.10. The molecule has 0 bridgehead atoms. The van der Waals surface area contributed by atoms with Crippen molar-refractivity contribution in [3.05, 3.63) is 176 Å². The molecule has 0 aliphatic rings. The van der Waals surface area contributed by atoms with E-state index in [2.05, 4.69) is 190 Å². The fourth-order valence-corrected chi connectivity index (χ4v) is 9.90. The summed E-state index contributed by atoms with van der Waals surface area (Å²) in [5.41, 5.74) is 11.0. The Morgan fingerprint density at radius 1 is 0.302 bits per heavy atom. The number of rotatable bonds is 3. The third-order valence-electron chi connectivity index (χ3n) is 11.9. The fraction of sp³-hybridized carbons (Fsp3) is 0. The average molecular weight is 672 g/mol. The van der Waals surface area contributed by atoms with Gasteiger partial charge in [-0.3, -0.25) is 0 Å². The molecule has 4 heterocycles. The summed E-state index contributed by atoms with van der Waals surface area (Å²) in [5.74, 6) is 0. The molecule has 0 aliphatic carbocycles. The van der Waals surface area contributed by atoms with Crippen LogP contribution in [-0.2, 0) is 0 Å². The molecule has 13 rings (SSSR count). The molecule has 0 amide bonds. The quantitative estimate of drug-likeness (QED) is 0.182. The van der Waals surface area contributed by atoms with Crippen molar-refractivity contribution < 1.29 is 0 Å². The van der Waals surface area contributed by atoms with Gasteiger partial charge in [0.1, 0.15) is 0 Å². The standard InChI is InChI=1S/C50H29N3/c1-3-15-32(16-4-1)51(33-17-5-2-6-18-33)43-24-12-23-37-45-35-20-10-8-14-31(35)29-39-47-42(53(49(37)43)50(39)45)28-27-41-46(47)38-22-11-21-36-44-34-19-9-7-13-30(34)25-26-40(44)52(41)48(36)38/h1-29H. The average Bonchev–Trinajstić information content (AvgIpc) is 3.95. The zero-order valence-corrected chi connectivity index (χ0v) is 28.6. The number of nitrogens with zero attached hydrogens (tertiary/aromatic N) is 3. The van der Waals surface area contributed by atoms with Crippen molar-refractivity contribution in [1.82, 2.24) is 8.80 Å². The topological polar surface area (TPSA) is 12.1 Å². The lowest BCUT2D eigenvalue weighted by molar-refractivity contribution is 1.27. The molecule has 9 aromatic carbocycles. The van der Waals surface area contributed by atoms with Crippen molar-refractivity contribution in [1.29, 1.82) is 0 Å². The maximum atomic E-state index is 2.58. The van der Waals surface area contributed by atoms with Crippen LogP contribution in [0, 0.1) is 0 Å². The molecular weight excluding hydrogens is 643 g/mol. The van der Waals surface area contributed by atoms with Crippen LogP contribution in [0.3, 0.4) is 0 Å². The van der Waals surface area contributed by atoms with Crippen molar-refractivity contribution in [2.45, 2.75) is 0 Å². The Morgan fingerprint density at radius 3 is 1.55 bits per heavy atom. The van der Waals surface area contributed by atoms with Crippen molar-refractivity contribution >= 4 is 115 Å². The van der Waals surface area contributed by atoms with Gasteiger partial charge in [-0.25, -0.2) is 0 Å². The van der Waals surface area contributed by atoms with Crippen LogP contribution in [0.25, 0.3) is 97.7 Å². The molecule has 0 unspecified atom stereocenters. The number of hydrogen-bond donors (Lipinski definition) is 0. The molecule has 0 aliphatic heterocycles. The second-order valence-corrected chi connectivity index (χ2v) is 14.5. The minimum absolute atomic E-state index is 1.13. The van der Waals surface area contributed by atoms with Gasteiger partial charge in [0.15, 0.2) is 0 Å². The molecule has 3 heteroatoms. The largest absolute Gasteiger partial charge is 0.308 e.